The van der Waals surface area contributed by atoms with Crippen LogP contribution in [-0.2, 0) is 14.3 Å². The van der Waals surface area contributed by atoms with Crippen LogP contribution in [-0.4, -0.2) is 42.0 Å². The van der Waals surface area contributed by atoms with Gasteiger partial charge in [0.1, 0.15) is 11.5 Å². The van der Waals surface area contributed by atoms with Gasteiger partial charge in [-0.2, -0.15) is 0 Å². The summed E-state index contributed by atoms with van der Waals surface area (Å²) < 4.78 is 46.3. The lowest BCUT2D eigenvalue weighted by Gasteiger charge is -2.37. The van der Waals surface area contributed by atoms with Crippen LogP contribution in [0.4, 0.5) is 18.9 Å². The van der Waals surface area contributed by atoms with Crippen molar-refractivity contribution in [1.82, 2.24) is 4.90 Å². The first-order chi connectivity index (χ1) is 14.3. The summed E-state index contributed by atoms with van der Waals surface area (Å²) in [5.74, 6) is -4.06. The Morgan fingerprint density at radius 3 is 2.10 bits per heavy atom. The second-order valence-electron chi connectivity index (χ2n) is 7.44. The summed E-state index contributed by atoms with van der Waals surface area (Å²) in [6.45, 7) is 4.45. The van der Waals surface area contributed by atoms with Crippen LogP contribution in [0.2, 0.25) is 0 Å². The van der Waals surface area contributed by atoms with Crippen LogP contribution in [0.1, 0.15) is 19.4 Å². The average molecular weight is 416 g/mol. The molecule has 2 amide bonds. The second-order valence-corrected chi connectivity index (χ2v) is 7.44. The van der Waals surface area contributed by atoms with E-state index < -0.39 is 29.3 Å². The molecule has 2 atom stereocenters. The van der Waals surface area contributed by atoms with Gasteiger partial charge in [-0.25, -0.2) is 18.1 Å². The molecule has 2 heterocycles. The summed E-state index contributed by atoms with van der Waals surface area (Å²) >= 11 is 0. The summed E-state index contributed by atoms with van der Waals surface area (Å²) in [7, 11) is 0. The molecule has 0 aromatic heterocycles. The van der Waals surface area contributed by atoms with Crippen LogP contribution in [0.25, 0.3) is 5.57 Å². The number of imide groups is 1. The van der Waals surface area contributed by atoms with E-state index in [1.54, 1.807) is 4.90 Å². The number of carbonyl (C=O) groups is 2. The molecule has 5 nitrogen and oxygen atoms in total. The number of ether oxygens (including phenoxy) is 1. The van der Waals surface area contributed by atoms with Crippen molar-refractivity contribution in [2.45, 2.75) is 26.1 Å². The van der Waals surface area contributed by atoms with E-state index >= 15 is 0 Å². The number of hydrogen-bond acceptors (Lipinski definition) is 4. The highest BCUT2D eigenvalue weighted by molar-refractivity contribution is 6.45. The Morgan fingerprint density at radius 1 is 0.867 bits per heavy atom. The predicted molar refractivity (Wildman–Crippen MR) is 104 cm³/mol. The topological polar surface area (TPSA) is 49.9 Å². The quantitative estimate of drug-likeness (QED) is 0.719. The summed E-state index contributed by atoms with van der Waals surface area (Å²) in [6.07, 6.45) is -0.369. The largest absolute Gasteiger partial charge is 0.372 e. The zero-order chi connectivity index (χ0) is 21.6. The number of nitrogens with zero attached hydrogens (tertiary/aromatic N) is 2. The fourth-order valence-electron chi connectivity index (χ4n) is 3.91. The zero-order valence-electron chi connectivity index (χ0n) is 16.4. The third kappa shape index (κ3) is 3.47. The molecule has 156 valence electrons. The minimum absolute atomic E-state index is 0.0760. The van der Waals surface area contributed by atoms with Crippen LogP contribution < -0.4 is 4.90 Å². The van der Waals surface area contributed by atoms with Crippen molar-refractivity contribution in [2.24, 2.45) is 0 Å². The Hall–Kier alpha value is -3.13. The number of rotatable bonds is 3. The number of hydrogen-bond donors (Lipinski definition) is 0. The first kappa shape index (κ1) is 20.2. The van der Waals surface area contributed by atoms with Crippen LogP contribution in [0.15, 0.2) is 48.2 Å². The van der Waals surface area contributed by atoms with Crippen molar-refractivity contribution in [2.75, 3.05) is 18.0 Å². The van der Waals surface area contributed by atoms with E-state index in [1.165, 1.54) is 30.3 Å². The van der Waals surface area contributed by atoms with Gasteiger partial charge < -0.3 is 9.64 Å². The fraction of sp³-hybridized carbons (Fsp3) is 0.273. The Bertz CT molecular complexity index is 1040. The molecule has 1 fully saturated rings. The second kappa shape index (κ2) is 7.60. The molecule has 2 aromatic rings. The molecule has 0 bridgehead atoms. The lowest BCUT2D eigenvalue weighted by molar-refractivity contribution is -0.121. The van der Waals surface area contributed by atoms with Crippen molar-refractivity contribution in [1.29, 1.82) is 0 Å². The molecule has 0 spiro atoms. The summed E-state index contributed by atoms with van der Waals surface area (Å²) in [6, 6.07) is 8.06. The maximum Gasteiger partial charge on any atom is 0.282 e. The molecule has 2 aliphatic heterocycles. The molecule has 2 aromatic carbocycles. The molecule has 30 heavy (non-hydrogen) atoms. The lowest BCUT2D eigenvalue weighted by atomic mass is 10.0. The van der Waals surface area contributed by atoms with E-state index in [-0.39, 0.29) is 29.2 Å². The number of morpholine rings is 1. The van der Waals surface area contributed by atoms with Crippen molar-refractivity contribution in [3.05, 3.63) is 71.2 Å². The Balaban J connectivity index is 1.84. The number of amides is 2. The third-order valence-electron chi connectivity index (χ3n) is 5.09. The van der Waals surface area contributed by atoms with Crippen molar-refractivity contribution in [3.8, 4) is 0 Å². The number of benzene rings is 2. The molecule has 8 heteroatoms. The normalized spacial score (nSPS) is 22.3. The number of anilines is 1. The molecule has 0 aliphatic carbocycles. The summed E-state index contributed by atoms with van der Waals surface area (Å²) in [5.41, 5.74) is 0.513. The van der Waals surface area contributed by atoms with E-state index in [9.17, 15) is 22.8 Å². The molecule has 0 saturated carbocycles. The van der Waals surface area contributed by atoms with E-state index in [0.29, 0.717) is 18.7 Å². The fourth-order valence-corrected chi connectivity index (χ4v) is 3.91. The van der Waals surface area contributed by atoms with Gasteiger partial charge in [0.05, 0.1) is 23.5 Å². The molecule has 1 saturated heterocycles. The van der Waals surface area contributed by atoms with Gasteiger partial charge in [0.25, 0.3) is 11.8 Å². The van der Waals surface area contributed by atoms with Gasteiger partial charge in [-0.15, -0.1) is 0 Å². The molecular weight excluding hydrogens is 397 g/mol. The van der Waals surface area contributed by atoms with Gasteiger partial charge in [-0.05, 0) is 43.7 Å². The zero-order valence-corrected chi connectivity index (χ0v) is 16.4. The van der Waals surface area contributed by atoms with Gasteiger partial charge >= 0.3 is 0 Å². The van der Waals surface area contributed by atoms with Crippen LogP contribution in [0, 0.1) is 17.5 Å². The molecule has 0 N–H and O–H groups in total. The minimum Gasteiger partial charge on any atom is -0.372 e. The maximum absolute atomic E-state index is 13.8. The highest BCUT2D eigenvalue weighted by Gasteiger charge is 2.44. The van der Waals surface area contributed by atoms with Crippen molar-refractivity contribution >= 4 is 23.1 Å². The van der Waals surface area contributed by atoms with Crippen LogP contribution >= 0.6 is 0 Å². The minimum atomic E-state index is -1.17. The summed E-state index contributed by atoms with van der Waals surface area (Å²) in [5, 5.41) is 0. The van der Waals surface area contributed by atoms with Crippen LogP contribution in [0.5, 0.6) is 0 Å². The number of carbonyl (C=O) groups excluding carboxylic acids is 2. The van der Waals surface area contributed by atoms with E-state index in [2.05, 4.69) is 0 Å². The third-order valence-corrected chi connectivity index (χ3v) is 5.09. The Labute approximate surface area is 171 Å². The lowest BCUT2D eigenvalue weighted by Crippen LogP contribution is -2.47. The Morgan fingerprint density at radius 2 is 1.50 bits per heavy atom. The van der Waals surface area contributed by atoms with Crippen LogP contribution in [0.3, 0.4) is 0 Å². The average Bonchev–Trinajstić information content (AvgIpc) is 2.94. The van der Waals surface area contributed by atoms with E-state index in [0.717, 1.165) is 17.0 Å². The van der Waals surface area contributed by atoms with Gasteiger partial charge in [0, 0.05) is 19.2 Å². The standard InChI is InChI=1S/C22H19F3N2O3/c1-12-10-26(11-13(2)30-12)20-19(14-3-5-15(23)6-4-14)21(28)27(22(20)29)16-7-8-17(24)18(25)9-16/h3-9,12-13H,10-11H2,1-2H3. The summed E-state index contributed by atoms with van der Waals surface area (Å²) in [4.78, 5) is 29.2. The molecule has 2 unspecified atom stereocenters. The Kier molecular flexibility index (Phi) is 5.11. The highest BCUT2D eigenvalue weighted by Crippen LogP contribution is 2.36. The monoisotopic (exact) mass is 416 g/mol. The SMILES string of the molecule is CC1CN(C2=C(c3ccc(F)cc3)C(=O)N(c3ccc(F)c(F)c3)C2=O)CC(C)O1. The highest BCUT2D eigenvalue weighted by atomic mass is 19.2. The van der Waals surface area contributed by atoms with Gasteiger partial charge in [-0.1, -0.05) is 12.1 Å². The molecule has 0 radical (unpaired) electrons. The molecular formula is C22H19F3N2O3. The van der Waals surface area contributed by atoms with E-state index in [4.69, 9.17) is 4.74 Å². The van der Waals surface area contributed by atoms with Crippen molar-refractivity contribution < 1.29 is 27.5 Å². The first-order valence-electron chi connectivity index (χ1n) is 9.50. The molecule has 2 aliphatic rings. The van der Waals surface area contributed by atoms with Gasteiger partial charge in [0.15, 0.2) is 11.6 Å². The smallest absolute Gasteiger partial charge is 0.282 e. The number of halogens is 3. The van der Waals surface area contributed by atoms with E-state index in [1.807, 2.05) is 13.8 Å². The first-order valence-corrected chi connectivity index (χ1v) is 9.50. The maximum atomic E-state index is 13.8. The van der Waals surface area contributed by atoms with Gasteiger partial charge in [0.2, 0.25) is 0 Å². The van der Waals surface area contributed by atoms with Crippen molar-refractivity contribution in [3.63, 3.8) is 0 Å². The molecule has 4 rings (SSSR count). The predicted octanol–water partition coefficient (Wildman–Crippen LogP) is 3.50. The van der Waals surface area contributed by atoms with Gasteiger partial charge in [-0.3, -0.25) is 9.59 Å².